The molecule has 0 atom stereocenters. The maximum atomic E-state index is 13.2. The van der Waals surface area contributed by atoms with Gasteiger partial charge >= 0.3 is 5.97 Å². The van der Waals surface area contributed by atoms with Gasteiger partial charge in [0.1, 0.15) is 12.4 Å². The zero-order valence-electron chi connectivity index (χ0n) is 10.6. The molecule has 0 aliphatic rings. The Morgan fingerprint density at radius 2 is 1.90 bits per heavy atom. The first-order valence-electron chi connectivity index (χ1n) is 5.99. The normalized spacial score (nSPS) is 10.3. The van der Waals surface area contributed by atoms with Gasteiger partial charge in [-0.3, -0.25) is 4.79 Å². The quantitative estimate of drug-likeness (QED) is 0.695. The van der Waals surface area contributed by atoms with Gasteiger partial charge in [-0.05, 0) is 23.8 Å². The van der Waals surface area contributed by atoms with Crippen LogP contribution in [0.2, 0.25) is 5.02 Å². The maximum absolute atomic E-state index is 13.2. The minimum atomic E-state index is -0.529. The summed E-state index contributed by atoms with van der Waals surface area (Å²) in [5, 5.41) is -0.0206. The highest BCUT2D eigenvalue weighted by molar-refractivity contribution is 6.31. The smallest absolute Gasteiger partial charge is 0.310 e. The number of halogens is 2. The summed E-state index contributed by atoms with van der Waals surface area (Å²) in [6.07, 6.45) is 0.132. The van der Waals surface area contributed by atoms with E-state index in [-0.39, 0.29) is 18.1 Å². The van der Waals surface area contributed by atoms with Crippen LogP contribution in [-0.2, 0) is 22.6 Å². The van der Waals surface area contributed by atoms with Crippen LogP contribution in [0, 0.1) is 5.82 Å². The van der Waals surface area contributed by atoms with Crippen molar-refractivity contribution in [1.29, 1.82) is 0 Å². The van der Waals surface area contributed by atoms with E-state index in [9.17, 15) is 9.18 Å². The number of hydrogen-bond acceptors (Lipinski definition) is 3. The first-order valence-corrected chi connectivity index (χ1v) is 6.37. The first kappa shape index (κ1) is 14.3. The Labute approximate surface area is 121 Å². The second-order valence-electron chi connectivity index (χ2n) is 4.29. The molecule has 0 saturated carbocycles. The number of hydrogen-bond donors (Lipinski definition) is 1. The molecule has 0 spiro atoms. The molecule has 0 unspecified atom stereocenters. The van der Waals surface area contributed by atoms with E-state index in [0.717, 1.165) is 5.56 Å². The average Bonchev–Trinajstić information content (AvgIpc) is 2.43. The third-order valence-corrected chi connectivity index (χ3v) is 3.17. The lowest BCUT2D eigenvalue weighted by molar-refractivity contribution is -0.144. The lowest BCUT2D eigenvalue weighted by Crippen LogP contribution is -2.08. The van der Waals surface area contributed by atoms with Gasteiger partial charge in [-0.25, -0.2) is 4.39 Å². The van der Waals surface area contributed by atoms with Crippen molar-refractivity contribution in [3.8, 4) is 0 Å². The largest absolute Gasteiger partial charge is 0.460 e. The summed E-state index contributed by atoms with van der Waals surface area (Å²) in [7, 11) is 0. The standard InChI is InChI=1S/C15H13ClFNO2/c16-15-11(2-1-3-13(15)17)9-20-14(19)8-10-4-6-12(18)7-5-10/h1-7H,8-9,18H2. The molecule has 0 aromatic heterocycles. The predicted octanol–water partition coefficient (Wildman–Crippen LogP) is 3.35. The highest BCUT2D eigenvalue weighted by atomic mass is 35.5. The van der Waals surface area contributed by atoms with Crippen molar-refractivity contribution in [1.82, 2.24) is 0 Å². The van der Waals surface area contributed by atoms with Gasteiger partial charge in [0.25, 0.3) is 0 Å². The van der Waals surface area contributed by atoms with Gasteiger partial charge in [0, 0.05) is 11.3 Å². The van der Waals surface area contributed by atoms with E-state index in [2.05, 4.69) is 0 Å². The first-order chi connectivity index (χ1) is 9.56. The number of rotatable bonds is 4. The SMILES string of the molecule is Nc1ccc(CC(=O)OCc2cccc(F)c2Cl)cc1. The van der Waals surface area contributed by atoms with Crippen LogP contribution in [0.3, 0.4) is 0 Å². The van der Waals surface area contributed by atoms with Crippen molar-refractivity contribution in [2.45, 2.75) is 13.0 Å². The van der Waals surface area contributed by atoms with E-state index < -0.39 is 11.8 Å². The number of carbonyl (C=O) groups is 1. The molecule has 0 amide bonds. The Bertz CT molecular complexity index is 614. The number of ether oxygens (including phenoxy) is 1. The van der Waals surface area contributed by atoms with Crippen molar-refractivity contribution < 1.29 is 13.9 Å². The molecule has 3 nitrogen and oxygen atoms in total. The van der Waals surface area contributed by atoms with Crippen LogP contribution in [0.4, 0.5) is 10.1 Å². The summed E-state index contributed by atoms with van der Waals surface area (Å²) >= 11 is 5.77. The number of nitrogen functional groups attached to an aromatic ring is 1. The van der Waals surface area contributed by atoms with E-state index in [0.29, 0.717) is 11.3 Å². The topological polar surface area (TPSA) is 52.3 Å². The van der Waals surface area contributed by atoms with Crippen LogP contribution in [0.1, 0.15) is 11.1 Å². The minimum absolute atomic E-state index is 0.0206. The lowest BCUT2D eigenvalue weighted by Gasteiger charge is -2.07. The van der Waals surface area contributed by atoms with E-state index >= 15 is 0 Å². The van der Waals surface area contributed by atoms with Crippen molar-refractivity contribution in [2.24, 2.45) is 0 Å². The van der Waals surface area contributed by atoms with Crippen LogP contribution >= 0.6 is 11.6 Å². The summed E-state index contributed by atoms with van der Waals surface area (Å²) in [5.41, 5.74) is 7.43. The van der Waals surface area contributed by atoms with E-state index in [4.69, 9.17) is 22.1 Å². The van der Waals surface area contributed by atoms with Gasteiger partial charge in [0.05, 0.1) is 11.4 Å². The summed E-state index contributed by atoms with van der Waals surface area (Å²) in [6, 6.07) is 11.3. The number of esters is 1. The van der Waals surface area contributed by atoms with Crippen LogP contribution in [0.25, 0.3) is 0 Å². The molecule has 0 fully saturated rings. The van der Waals surface area contributed by atoms with Gasteiger partial charge in [0.2, 0.25) is 0 Å². The monoisotopic (exact) mass is 293 g/mol. The molecule has 0 saturated heterocycles. The molecule has 2 N–H and O–H groups in total. The third-order valence-electron chi connectivity index (χ3n) is 2.75. The zero-order valence-corrected chi connectivity index (χ0v) is 11.4. The Hall–Kier alpha value is -2.07. The second kappa shape index (κ2) is 6.39. The van der Waals surface area contributed by atoms with Crippen molar-refractivity contribution in [2.75, 3.05) is 5.73 Å². The Kier molecular flexibility index (Phi) is 4.58. The fourth-order valence-corrected chi connectivity index (χ4v) is 1.85. The molecule has 0 heterocycles. The van der Waals surface area contributed by atoms with Crippen molar-refractivity contribution in [3.63, 3.8) is 0 Å². The number of carbonyl (C=O) groups excluding carboxylic acids is 1. The second-order valence-corrected chi connectivity index (χ2v) is 4.67. The number of nitrogens with two attached hydrogens (primary N) is 1. The van der Waals surface area contributed by atoms with Crippen LogP contribution in [0.5, 0.6) is 0 Å². The summed E-state index contributed by atoms with van der Waals surface area (Å²) < 4.78 is 18.3. The zero-order chi connectivity index (χ0) is 14.5. The summed E-state index contributed by atoms with van der Waals surface area (Å²) in [6.45, 7) is -0.0512. The molecule has 2 aromatic carbocycles. The molecule has 0 aliphatic carbocycles. The van der Waals surface area contributed by atoms with Crippen molar-refractivity contribution in [3.05, 3.63) is 64.4 Å². The Morgan fingerprint density at radius 3 is 2.60 bits per heavy atom. The van der Waals surface area contributed by atoms with Crippen LogP contribution in [0.15, 0.2) is 42.5 Å². The third kappa shape index (κ3) is 3.71. The maximum Gasteiger partial charge on any atom is 0.310 e. The number of anilines is 1. The molecule has 0 radical (unpaired) electrons. The van der Waals surface area contributed by atoms with Crippen LogP contribution in [-0.4, -0.2) is 5.97 Å². The Morgan fingerprint density at radius 1 is 1.20 bits per heavy atom. The van der Waals surface area contributed by atoms with Gasteiger partial charge in [-0.15, -0.1) is 0 Å². The predicted molar refractivity (Wildman–Crippen MR) is 75.8 cm³/mol. The summed E-state index contributed by atoms with van der Waals surface area (Å²) in [4.78, 5) is 11.7. The molecule has 5 heteroatoms. The van der Waals surface area contributed by atoms with E-state index in [1.807, 2.05) is 0 Å². The highest BCUT2D eigenvalue weighted by Crippen LogP contribution is 2.20. The summed E-state index contributed by atoms with van der Waals surface area (Å²) in [5.74, 6) is -0.936. The molecular weight excluding hydrogens is 281 g/mol. The molecule has 0 bridgehead atoms. The highest BCUT2D eigenvalue weighted by Gasteiger charge is 2.09. The lowest BCUT2D eigenvalue weighted by atomic mass is 10.1. The molecule has 2 rings (SSSR count). The van der Waals surface area contributed by atoms with Gasteiger partial charge in [0.15, 0.2) is 0 Å². The molecule has 104 valence electrons. The van der Waals surface area contributed by atoms with E-state index in [1.165, 1.54) is 12.1 Å². The molecule has 0 aliphatic heterocycles. The Balaban J connectivity index is 1.92. The van der Waals surface area contributed by atoms with Gasteiger partial charge in [-0.1, -0.05) is 35.9 Å². The van der Waals surface area contributed by atoms with Gasteiger partial charge < -0.3 is 10.5 Å². The molecule has 20 heavy (non-hydrogen) atoms. The van der Waals surface area contributed by atoms with E-state index in [1.54, 1.807) is 30.3 Å². The molecular formula is C15H13ClFNO2. The number of benzene rings is 2. The van der Waals surface area contributed by atoms with Gasteiger partial charge in [-0.2, -0.15) is 0 Å². The average molecular weight is 294 g/mol. The van der Waals surface area contributed by atoms with Crippen molar-refractivity contribution >= 4 is 23.3 Å². The fraction of sp³-hybridized carbons (Fsp3) is 0.133. The van der Waals surface area contributed by atoms with Crippen LogP contribution < -0.4 is 5.73 Å². The molecule has 2 aromatic rings. The minimum Gasteiger partial charge on any atom is -0.460 e. The fourth-order valence-electron chi connectivity index (χ4n) is 1.67.